The lowest BCUT2D eigenvalue weighted by Gasteiger charge is -2.37. The first kappa shape index (κ1) is 25.5. The van der Waals surface area contributed by atoms with Crippen molar-refractivity contribution < 1.29 is 23.3 Å². The summed E-state index contributed by atoms with van der Waals surface area (Å²) in [5.41, 5.74) is 7.26. The quantitative estimate of drug-likeness (QED) is 0.260. The number of aromatic nitrogens is 2. The van der Waals surface area contributed by atoms with Gasteiger partial charge in [-0.15, -0.1) is 0 Å². The van der Waals surface area contributed by atoms with Crippen LogP contribution in [0.25, 0.3) is 0 Å². The highest BCUT2D eigenvalue weighted by atomic mass is 16.5. The third kappa shape index (κ3) is 4.53. The molecule has 2 atom stereocenters. The van der Waals surface area contributed by atoms with Gasteiger partial charge >= 0.3 is 5.97 Å². The van der Waals surface area contributed by atoms with Gasteiger partial charge in [-0.3, -0.25) is 4.79 Å². The Labute approximate surface area is 222 Å². The SMILES string of the molecule is CCOC(=O)c1ccc(C[n+]2ccn([C@H]3CC[C@@H](C(C(N)=O)(c4ccccc4)c4ccccc4)C3)c2C)o1. The number of nitrogens with zero attached hydrogens (tertiary/aromatic N) is 2. The van der Waals surface area contributed by atoms with Crippen LogP contribution >= 0.6 is 0 Å². The fourth-order valence-corrected chi connectivity index (χ4v) is 6.14. The topological polar surface area (TPSA) is 91.3 Å². The molecule has 7 heteroatoms. The van der Waals surface area contributed by atoms with Crippen molar-refractivity contribution in [3.05, 3.63) is 114 Å². The number of imidazole rings is 1. The summed E-state index contributed by atoms with van der Waals surface area (Å²) in [6, 6.07) is 23.6. The summed E-state index contributed by atoms with van der Waals surface area (Å²) in [7, 11) is 0. The van der Waals surface area contributed by atoms with Crippen LogP contribution in [-0.2, 0) is 21.5 Å². The van der Waals surface area contributed by atoms with Crippen LogP contribution in [0.3, 0.4) is 0 Å². The molecule has 5 rings (SSSR count). The largest absolute Gasteiger partial charge is 0.460 e. The van der Waals surface area contributed by atoms with Crippen LogP contribution in [-0.4, -0.2) is 23.1 Å². The number of nitrogens with two attached hydrogens (primary N) is 1. The van der Waals surface area contributed by atoms with Gasteiger partial charge in [-0.1, -0.05) is 60.7 Å². The highest BCUT2D eigenvalue weighted by molar-refractivity contribution is 5.91. The van der Waals surface area contributed by atoms with E-state index >= 15 is 0 Å². The van der Waals surface area contributed by atoms with Gasteiger partial charge in [0, 0.05) is 6.92 Å². The van der Waals surface area contributed by atoms with Crippen molar-refractivity contribution in [2.75, 3.05) is 6.61 Å². The number of furan rings is 1. The van der Waals surface area contributed by atoms with Gasteiger partial charge in [0.15, 0.2) is 0 Å². The number of esters is 1. The number of hydrogen-bond donors (Lipinski definition) is 1. The standard InChI is InChI=1S/C31H33N3O4/c1-3-37-29(35)28-17-16-27(38-28)21-33-18-19-34(22(33)2)26-15-14-25(20-26)31(30(32)36,23-10-6-4-7-11-23)24-12-8-5-9-13-24/h4-13,16-19,25-26H,3,14-15,20-21H2,1-2H3,(H-,32,36)/p+1/t25-,26+/m1/s1. The van der Waals surface area contributed by atoms with Gasteiger partial charge in [-0.25, -0.2) is 13.9 Å². The minimum Gasteiger partial charge on any atom is -0.460 e. The second-order valence-corrected chi connectivity index (χ2v) is 9.94. The van der Waals surface area contributed by atoms with E-state index in [1.54, 1.807) is 13.0 Å². The Morgan fingerprint density at radius 1 is 1.03 bits per heavy atom. The Morgan fingerprint density at radius 2 is 1.68 bits per heavy atom. The van der Waals surface area contributed by atoms with E-state index in [9.17, 15) is 9.59 Å². The summed E-state index contributed by atoms with van der Waals surface area (Å²) in [5.74, 6) is 1.27. The minimum absolute atomic E-state index is 0.0576. The Balaban J connectivity index is 1.41. The lowest BCUT2D eigenvalue weighted by Crippen LogP contribution is -2.47. The van der Waals surface area contributed by atoms with E-state index in [2.05, 4.69) is 22.3 Å². The molecule has 1 fully saturated rings. The van der Waals surface area contributed by atoms with E-state index in [4.69, 9.17) is 14.9 Å². The van der Waals surface area contributed by atoms with Gasteiger partial charge in [0.05, 0.1) is 6.61 Å². The molecular weight excluding hydrogens is 478 g/mol. The summed E-state index contributed by atoms with van der Waals surface area (Å²) in [6.07, 6.45) is 6.79. The van der Waals surface area contributed by atoms with Gasteiger partial charge in [0.2, 0.25) is 11.7 Å². The van der Waals surface area contributed by atoms with Crippen molar-refractivity contribution >= 4 is 11.9 Å². The fourth-order valence-electron chi connectivity index (χ4n) is 6.14. The summed E-state index contributed by atoms with van der Waals surface area (Å²) < 4.78 is 15.1. The molecule has 0 unspecified atom stereocenters. The summed E-state index contributed by atoms with van der Waals surface area (Å²) in [4.78, 5) is 25.3. The zero-order valence-corrected chi connectivity index (χ0v) is 21.9. The molecule has 2 N–H and O–H groups in total. The summed E-state index contributed by atoms with van der Waals surface area (Å²) >= 11 is 0. The lowest BCUT2D eigenvalue weighted by atomic mass is 9.64. The van der Waals surface area contributed by atoms with E-state index < -0.39 is 11.4 Å². The third-order valence-corrected chi connectivity index (χ3v) is 7.92. The Morgan fingerprint density at radius 3 is 2.29 bits per heavy atom. The average Bonchev–Trinajstić information content (AvgIpc) is 3.68. The van der Waals surface area contributed by atoms with Gasteiger partial charge in [0.1, 0.15) is 36.2 Å². The molecule has 0 aliphatic heterocycles. The molecule has 2 aromatic heterocycles. The maximum absolute atomic E-state index is 13.4. The summed E-state index contributed by atoms with van der Waals surface area (Å²) in [6.45, 7) is 4.66. The first-order chi connectivity index (χ1) is 18.4. The second-order valence-electron chi connectivity index (χ2n) is 9.94. The van der Waals surface area contributed by atoms with Gasteiger partial charge in [-0.2, -0.15) is 0 Å². The van der Waals surface area contributed by atoms with E-state index in [1.807, 2.05) is 72.9 Å². The fraction of sp³-hybridized carbons (Fsp3) is 0.323. The number of benzene rings is 2. The van der Waals surface area contributed by atoms with Crippen LogP contribution in [0.1, 0.15) is 65.5 Å². The van der Waals surface area contributed by atoms with E-state index in [-0.39, 0.29) is 23.6 Å². The molecule has 0 saturated heterocycles. The van der Waals surface area contributed by atoms with Crippen LogP contribution in [0.5, 0.6) is 0 Å². The number of hydrogen-bond acceptors (Lipinski definition) is 4. The molecule has 2 heterocycles. The maximum Gasteiger partial charge on any atom is 0.374 e. The number of carbonyl (C=O) groups excluding carboxylic acids is 2. The maximum atomic E-state index is 13.4. The molecule has 1 saturated carbocycles. The molecular formula is C31H34N3O4+. The molecule has 4 aromatic rings. The van der Waals surface area contributed by atoms with Crippen LogP contribution in [0.4, 0.5) is 0 Å². The van der Waals surface area contributed by atoms with E-state index in [1.165, 1.54) is 0 Å². The summed E-state index contributed by atoms with van der Waals surface area (Å²) in [5, 5.41) is 0. The second kappa shape index (κ2) is 10.7. The molecule has 1 aliphatic rings. The Kier molecular flexibility index (Phi) is 7.18. The third-order valence-electron chi connectivity index (χ3n) is 7.92. The molecule has 0 bridgehead atoms. The van der Waals surface area contributed by atoms with Crippen LogP contribution < -0.4 is 10.3 Å². The molecule has 38 heavy (non-hydrogen) atoms. The number of ether oxygens (including phenoxy) is 1. The normalized spacial score (nSPS) is 17.4. The van der Waals surface area contributed by atoms with Crippen LogP contribution in [0.2, 0.25) is 0 Å². The molecule has 2 aromatic carbocycles. The molecule has 196 valence electrons. The minimum atomic E-state index is -0.897. The Hall–Kier alpha value is -4.13. The van der Waals surface area contributed by atoms with E-state index in [0.29, 0.717) is 18.9 Å². The van der Waals surface area contributed by atoms with Gasteiger partial charge in [-0.05, 0) is 55.4 Å². The first-order valence-electron chi connectivity index (χ1n) is 13.2. The van der Waals surface area contributed by atoms with Crippen molar-refractivity contribution in [3.63, 3.8) is 0 Å². The number of primary amides is 1. The predicted octanol–water partition coefficient (Wildman–Crippen LogP) is 4.71. The smallest absolute Gasteiger partial charge is 0.374 e. The monoisotopic (exact) mass is 512 g/mol. The molecule has 7 nitrogen and oxygen atoms in total. The van der Waals surface area contributed by atoms with Crippen LogP contribution in [0, 0.1) is 12.8 Å². The van der Waals surface area contributed by atoms with Crippen molar-refractivity contribution in [1.82, 2.24) is 4.57 Å². The van der Waals surface area contributed by atoms with Crippen molar-refractivity contribution in [2.45, 2.75) is 51.1 Å². The van der Waals surface area contributed by atoms with Crippen molar-refractivity contribution in [1.29, 1.82) is 0 Å². The first-order valence-corrected chi connectivity index (χ1v) is 13.2. The van der Waals surface area contributed by atoms with Crippen molar-refractivity contribution in [3.8, 4) is 0 Å². The van der Waals surface area contributed by atoms with Gasteiger partial charge < -0.3 is 14.9 Å². The molecule has 0 spiro atoms. The zero-order chi connectivity index (χ0) is 26.7. The van der Waals surface area contributed by atoms with E-state index in [0.717, 1.165) is 36.2 Å². The number of rotatable bonds is 9. The zero-order valence-electron chi connectivity index (χ0n) is 21.9. The lowest BCUT2D eigenvalue weighted by molar-refractivity contribution is -0.695. The highest BCUT2D eigenvalue weighted by Crippen LogP contribution is 2.49. The molecule has 0 radical (unpaired) electrons. The number of amides is 1. The van der Waals surface area contributed by atoms with Crippen LogP contribution in [0.15, 0.2) is 89.6 Å². The predicted molar refractivity (Wildman–Crippen MR) is 142 cm³/mol. The van der Waals surface area contributed by atoms with Crippen molar-refractivity contribution in [2.24, 2.45) is 11.7 Å². The molecule has 1 amide bonds. The Bertz CT molecular complexity index is 1370. The average molecular weight is 513 g/mol. The molecule has 1 aliphatic carbocycles. The number of carbonyl (C=O) groups is 2. The highest BCUT2D eigenvalue weighted by Gasteiger charge is 2.51. The van der Waals surface area contributed by atoms with Gasteiger partial charge in [0.25, 0.3) is 5.82 Å².